The van der Waals surface area contributed by atoms with E-state index in [0.29, 0.717) is 5.56 Å². The molecule has 1 heterocycles. The Kier molecular flexibility index (Phi) is 6.29. The summed E-state index contributed by atoms with van der Waals surface area (Å²) in [6.45, 7) is 10.4. The third kappa shape index (κ3) is 5.11. The van der Waals surface area contributed by atoms with Gasteiger partial charge in [-0.15, -0.1) is 0 Å². The number of hydrogen-bond acceptors (Lipinski definition) is 2. The second kappa shape index (κ2) is 9.01. The zero-order valence-corrected chi connectivity index (χ0v) is 20.1. The minimum atomic E-state index is -0.899. The van der Waals surface area contributed by atoms with Gasteiger partial charge in [-0.2, -0.15) is 5.10 Å². The summed E-state index contributed by atoms with van der Waals surface area (Å²) in [6.07, 6.45) is 12.5. The quantitative estimate of drug-likeness (QED) is 0.413. The van der Waals surface area contributed by atoms with Crippen molar-refractivity contribution in [2.75, 3.05) is 0 Å². The predicted molar refractivity (Wildman–Crippen MR) is 135 cm³/mol. The molecule has 0 aliphatic heterocycles. The van der Waals surface area contributed by atoms with Crippen LogP contribution in [0.2, 0.25) is 0 Å². The van der Waals surface area contributed by atoms with E-state index in [0.717, 1.165) is 24.9 Å². The molecular formula is C29H34N2O2. The van der Waals surface area contributed by atoms with E-state index >= 15 is 0 Å². The molecule has 4 nitrogen and oxygen atoms in total. The first kappa shape index (κ1) is 23.0. The molecule has 172 valence electrons. The summed E-state index contributed by atoms with van der Waals surface area (Å²) >= 11 is 0. The van der Waals surface area contributed by atoms with Crippen LogP contribution in [0, 0.1) is 0 Å². The average Bonchev–Trinajstić information content (AvgIpc) is 3.29. The lowest BCUT2D eigenvalue weighted by molar-refractivity contribution is 0.0697. The van der Waals surface area contributed by atoms with E-state index < -0.39 is 5.97 Å². The van der Waals surface area contributed by atoms with Crippen LogP contribution >= 0.6 is 0 Å². The van der Waals surface area contributed by atoms with Gasteiger partial charge < -0.3 is 5.11 Å². The molecule has 0 spiro atoms. The Balaban J connectivity index is 1.68. The number of benzene rings is 2. The van der Waals surface area contributed by atoms with E-state index in [1.165, 1.54) is 35.1 Å². The van der Waals surface area contributed by atoms with E-state index in [1.54, 1.807) is 12.1 Å². The van der Waals surface area contributed by atoms with Crippen LogP contribution in [-0.2, 0) is 23.8 Å². The zero-order valence-electron chi connectivity index (χ0n) is 20.1. The minimum absolute atomic E-state index is 0.157. The third-order valence-electron chi connectivity index (χ3n) is 7.12. The fourth-order valence-electron chi connectivity index (χ4n) is 4.83. The number of rotatable bonds is 7. The first-order chi connectivity index (χ1) is 15.7. The van der Waals surface area contributed by atoms with Crippen LogP contribution in [0.25, 0.3) is 12.2 Å². The highest BCUT2D eigenvalue weighted by atomic mass is 16.4. The molecule has 0 fully saturated rings. The second-order valence-electron chi connectivity index (χ2n) is 10.5. The van der Waals surface area contributed by atoms with Crippen molar-refractivity contribution in [3.63, 3.8) is 0 Å². The number of hydrogen-bond donors (Lipinski definition) is 1. The smallest absolute Gasteiger partial charge is 0.335 e. The van der Waals surface area contributed by atoms with E-state index in [-0.39, 0.29) is 10.8 Å². The molecule has 2 aromatic carbocycles. The molecule has 33 heavy (non-hydrogen) atoms. The van der Waals surface area contributed by atoms with Gasteiger partial charge in [-0.25, -0.2) is 4.79 Å². The summed E-state index contributed by atoms with van der Waals surface area (Å²) < 4.78 is 1.99. The Morgan fingerprint density at radius 2 is 1.70 bits per heavy atom. The average molecular weight is 443 g/mol. The normalized spacial score (nSPS) is 16.6. The first-order valence-corrected chi connectivity index (χ1v) is 11.8. The standard InChI is InChI=1S/C29H34N2O2/c1-28(2)14-15-29(3,4)26-20-24(13-10-21-8-11-22(12-9-21)27(32)33)23(19-25(26)28)7-5-17-31-18-6-16-30-31/h6,8-13,16,18-20H,5,7,14-15,17H2,1-4H3,(H,32,33)/b13-10+. The third-order valence-corrected chi connectivity index (χ3v) is 7.12. The Morgan fingerprint density at radius 3 is 2.30 bits per heavy atom. The van der Waals surface area contributed by atoms with Crippen LogP contribution in [0.4, 0.5) is 0 Å². The highest BCUT2D eigenvalue weighted by Crippen LogP contribution is 2.46. The van der Waals surface area contributed by atoms with E-state index in [2.05, 4.69) is 57.1 Å². The van der Waals surface area contributed by atoms with Gasteiger partial charge in [-0.05, 0) is 82.5 Å². The lowest BCUT2D eigenvalue weighted by Crippen LogP contribution is -2.34. The second-order valence-corrected chi connectivity index (χ2v) is 10.5. The molecule has 4 heteroatoms. The molecule has 1 aliphatic carbocycles. The highest BCUT2D eigenvalue weighted by molar-refractivity contribution is 5.88. The van der Waals surface area contributed by atoms with Crippen molar-refractivity contribution in [3.05, 3.63) is 88.2 Å². The van der Waals surface area contributed by atoms with Crippen LogP contribution in [0.5, 0.6) is 0 Å². The van der Waals surface area contributed by atoms with Gasteiger partial charge in [0.1, 0.15) is 0 Å². The van der Waals surface area contributed by atoms with Crippen LogP contribution in [0.3, 0.4) is 0 Å². The van der Waals surface area contributed by atoms with Crippen molar-refractivity contribution in [1.82, 2.24) is 9.78 Å². The molecule has 1 N–H and O–H groups in total. The molecule has 4 rings (SSSR count). The maximum atomic E-state index is 11.1. The molecule has 1 aromatic heterocycles. The molecule has 0 atom stereocenters. The molecule has 1 aliphatic rings. The maximum absolute atomic E-state index is 11.1. The van der Waals surface area contributed by atoms with E-state index in [1.807, 2.05) is 35.3 Å². The van der Waals surface area contributed by atoms with Crippen molar-refractivity contribution in [1.29, 1.82) is 0 Å². The van der Waals surface area contributed by atoms with Crippen LogP contribution in [0.15, 0.2) is 54.9 Å². The van der Waals surface area contributed by atoms with Crippen molar-refractivity contribution in [2.24, 2.45) is 0 Å². The van der Waals surface area contributed by atoms with Crippen molar-refractivity contribution >= 4 is 18.1 Å². The van der Waals surface area contributed by atoms with Gasteiger partial charge in [0.05, 0.1) is 5.56 Å². The monoisotopic (exact) mass is 442 g/mol. The Labute approximate surface area is 197 Å². The molecule has 0 saturated carbocycles. The largest absolute Gasteiger partial charge is 0.478 e. The SMILES string of the molecule is CC1(C)CCC(C)(C)c2cc(CCCn3cccn3)c(/C=C/c3ccc(C(=O)O)cc3)cc21. The number of aromatic carboxylic acids is 1. The summed E-state index contributed by atoms with van der Waals surface area (Å²) in [7, 11) is 0. The van der Waals surface area contributed by atoms with Gasteiger partial charge in [0, 0.05) is 18.9 Å². The summed E-state index contributed by atoms with van der Waals surface area (Å²) in [6, 6.07) is 13.9. The number of aryl methyl sites for hydroxylation is 2. The Hall–Kier alpha value is -3.14. The van der Waals surface area contributed by atoms with E-state index in [9.17, 15) is 4.79 Å². The molecular weight excluding hydrogens is 408 g/mol. The van der Waals surface area contributed by atoms with Crippen LogP contribution in [0.1, 0.15) is 85.1 Å². The van der Waals surface area contributed by atoms with Crippen LogP contribution in [-0.4, -0.2) is 20.9 Å². The molecule has 0 amide bonds. The summed E-state index contributed by atoms with van der Waals surface area (Å²) in [4.78, 5) is 11.1. The number of carbonyl (C=O) groups is 1. The van der Waals surface area contributed by atoms with E-state index in [4.69, 9.17) is 5.11 Å². The Morgan fingerprint density at radius 1 is 1.03 bits per heavy atom. The van der Waals surface area contributed by atoms with Gasteiger partial charge in [0.2, 0.25) is 0 Å². The lowest BCUT2D eigenvalue weighted by atomic mass is 9.62. The van der Waals surface area contributed by atoms with Crippen molar-refractivity contribution < 1.29 is 9.90 Å². The summed E-state index contributed by atoms with van der Waals surface area (Å²) in [5.74, 6) is -0.899. The van der Waals surface area contributed by atoms with Crippen molar-refractivity contribution in [3.8, 4) is 0 Å². The fourth-order valence-corrected chi connectivity index (χ4v) is 4.83. The number of carboxylic acids is 1. The number of carboxylic acid groups (broad SMARTS) is 1. The minimum Gasteiger partial charge on any atom is -0.478 e. The van der Waals surface area contributed by atoms with Crippen molar-refractivity contribution in [2.45, 2.75) is 70.8 Å². The summed E-state index contributed by atoms with van der Waals surface area (Å²) in [5.41, 5.74) is 7.20. The maximum Gasteiger partial charge on any atom is 0.335 e. The molecule has 0 bridgehead atoms. The van der Waals surface area contributed by atoms with Gasteiger partial charge >= 0.3 is 5.97 Å². The van der Waals surface area contributed by atoms with Gasteiger partial charge in [-0.1, -0.05) is 64.1 Å². The summed E-state index contributed by atoms with van der Waals surface area (Å²) in [5, 5.41) is 13.5. The van der Waals surface area contributed by atoms with Crippen LogP contribution < -0.4 is 0 Å². The molecule has 0 saturated heterocycles. The van der Waals surface area contributed by atoms with Gasteiger partial charge in [0.15, 0.2) is 0 Å². The van der Waals surface area contributed by atoms with Gasteiger partial charge in [0.25, 0.3) is 0 Å². The number of nitrogens with zero attached hydrogens (tertiary/aromatic N) is 2. The molecule has 0 radical (unpaired) electrons. The number of fused-ring (bicyclic) bond motifs is 1. The Bertz CT molecular complexity index is 1150. The molecule has 0 unspecified atom stereocenters. The highest BCUT2D eigenvalue weighted by Gasteiger charge is 2.37. The number of aromatic nitrogens is 2. The van der Waals surface area contributed by atoms with Gasteiger partial charge in [-0.3, -0.25) is 4.68 Å². The topological polar surface area (TPSA) is 55.1 Å². The zero-order chi connectivity index (χ0) is 23.6. The fraction of sp³-hybridized carbons (Fsp3) is 0.379. The predicted octanol–water partition coefficient (Wildman–Crippen LogP) is 6.73. The first-order valence-electron chi connectivity index (χ1n) is 11.8. The lowest BCUT2D eigenvalue weighted by Gasteiger charge is -2.42. The molecule has 3 aromatic rings.